The van der Waals surface area contributed by atoms with Crippen LogP contribution >= 0.6 is 0 Å². The summed E-state index contributed by atoms with van der Waals surface area (Å²) in [6.07, 6.45) is 0. The number of carbonyl (C=O) groups excluding carboxylic acids is 1. The number of nitrogens with zero attached hydrogens (tertiary/aromatic N) is 1. The lowest BCUT2D eigenvalue weighted by Gasteiger charge is -2.27. The monoisotopic (exact) mass is 249 g/mol. The highest BCUT2D eigenvalue weighted by atomic mass is 16.2. The molecule has 0 aromatic heterocycles. The maximum Gasteiger partial charge on any atom is 0.251 e. The van der Waals surface area contributed by atoms with Crippen molar-refractivity contribution in [2.24, 2.45) is 0 Å². The van der Waals surface area contributed by atoms with Crippen LogP contribution in [0.3, 0.4) is 0 Å². The average molecular weight is 249 g/mol. The van der Waals surface area contributed by atoms with Crippen LogP contribution in [0.2, 0.25) is 0 Å². The first-order chi connectivity index (χ1) is 9.29. The first kappa shape index (κ1) is 11.3. The van der Waals surface area contributed by atoms with E-state index in [0.717, 1.165) is 11.3 Å². The molecular formula is C15H11N3O. The van der Waals surface area contributed by atoms with E-state index in [0.29, 0.717) is 11.3 Å². The minimum Gasteiger partial charge on any atom is -0.368 e. The zero-order valence-corrected chi connectivity index (χ0v) is 10.1. The number of hydrogen-bond acceptors (Lipinski definition) is 3. The molecule has 0 radical (unpaired) electrons. The average Bonchev–Trinajstić information content (AvgIpc) is 2.47. The van der Waals surface area contributed by atoms with Crippen LogP contribution in [0.15, 0.2) is 48.5 Å². The van der Waals surface area contributed by atoms with Crippen LogP contribution < -0.4 is 10.6 Å². The molecule has 1 atom stereocenters. The number of para-hydroxylation sites is 1. The summed E-state index contributed by atoms with van der Waals surface area (Å²) < 4.78 is 0. The molecule has 2 aromatic rings. The Hall–Kier alpha value is -2.80. The maximum atomic E-state index is 12.1. The van der Waals surface area contributed by atoms with Gasteiger partial charge in [0.05, 0.1) is 16.9 Å². The van der Waals surface area contributed by atoms with Crippen LogP contribution in [-0.4, -0.2) is 5.91 Å². The molecule has 4 nitrogen and oxygen atoms in total. The Bertz CT molecular complexity index is 674. The second-order valence-corrected chi connectivity index (χ2v) is 4.32. The molecule has 1 aliphatic rings. The first-order valence-corrected chi connectivity index (χ1v) is 5.95. The van der Waals surface area contributed by atoms with Gasteiger partial charge in [-0.2, -0.15) is 5.26 Å². The summed E-state index contributed by atoms with van der Waals surface area (Å²) in [7, 11) is 0. The fraction of sp³-hybridized carbons (Fsp3) is 0.0667. The van der Waals surface area contributed by atoms with Crippen LogP contribution in [0.25, 0.3) is 0 Å². The number of amides is 1. The Morgan fingerprint density at radius 2 is 1.84 bits per heavy atom. The number of rotatable bonds is 1. The zero-order chi connectivity index (χ0) is 13.2. The fourth-order valence-corrected chi connectivity index (χ4v) is 2.20. The lowest BCUT2D eigenvalue weighted by molar-refractivity contribution is -0.117. The summed E-state index contributed by atoms with van der Waals surface area (Å²) in [5, 5.41) is 15.0. The predicted molar refractivity (Wildman–Crippen MR) is 72.6 cm³/mol. The third-order valence-electron chi connectivity index (χ3n) is 3.13. The van der Waals surface area contributed by atoms with Crippen LogP contribution in [0.1, 0.15) is 17.2 Å². The summed E-state index contributed by atoms with van der Waals surface area (Å²) in [5.41, 5.74) is 2.69. The topological polar surface area (TPSA) is 64.9 Å². The first-order valence-electron chi connectivity index (χ1n) is 5.95. The highest BCUT2D eigenvalue weighted by Gasteiger charge is 2.27. The fourth-order valence-electron chi connectivity index (χ4n) is 2.20. The van der Waals surface area contributed by atoms with Crippen molar-refractivity contribution < 1.29 is 4.79 Å². The van der Waals surface area contributed by atoms with Gasteiger partial charge in [-0.05, 0) is 17.7 Å². The number of anilines is 2. The lowest BCUT2D eigenvalue weighted by Crippen LogP contribution is -2.32. The molecule has 4 heteroatoms. The summed E-state index contributed by atoms with van der Waals surface area (Å²) in [6.45, 7) is 0. The molecule has 2 N–H and O–H groups in total. The molecule has 0 aliphatic carbocycles. The molecule has 92 valence electrons. The van der Waals surface area contributed by atoms with Crippen LogP contribution in [-0.2, 0) is 4.79 Å². The van der Waals surface area contributed by atoms with Crippen molar-refractivity contribution in [3.8, 4) is 6.07 Å². The van der Waals surface area contributed by atoms with Gasteiger partial charge >= 0.3 is 0 Å². The zero-order valence-electron chi connectivity index (χ0n) is 10.1. The molecule has 0 spiro atoms. The van der Waals surface area contributed by atoms with Crippen molar-refractivity contribution in [3.63, 3.8) is 0 Å². The van der Waals surface area contributed by atoms with Crippen molar-refractivity contribution in [1.82, 2.24) is 0 Å². The largest absolute Gasteiger partial charge is 0.368 e. The molecule has 0 saturated carbocycles. The van der Waals surface area contributed by atoms with Crippen molar-refractivity contribution in [1.29, 1.82) is 5.26 Å². The quantitative estimate of drug-likeness (QED) is 0.816. The van der Waals surface area contributed by atoms with Gasteiger partial charge in [-0.25, -0.2) is 0 Å². The smallest absolute Gasteiger partial charge is 0.251 e. The van der Waals surface area contributed by atoms with Gasteiger partial charge in [0.15, 0.2) is 0 Å². The Morgan fingerprint density at radius 1 is 1.05 bits per heavy atom. The molecule has 1 unspecified atom stereocenters. The maximum absolute atomic E-state index is 12.1. The normalized spacial score (nSPS) is 16.8. The third-order valence-corrected chi connectivity index (χ3v) is 3.13. The summed E-state index contributed by atoms with van der Waals surface area (Å²) in [6, 6.07) is 16.5. The molecule has 0 fully saturated rings. The Kier molecular flexibility index (Phi) is 2.66. The molecule has 0 saturated heterocycles. The molecule has 1 aliphatic heterocycles. The van der Waals surface area contributed by atoms with E-state index in [1.54, 1.807) is 12.1 Å². The number of fused-ring (bicyclic) bond motifs is 1. The van der Waals surface area contributed by atoms with E-state index in [2.05, 4.69) is 16.7 Å². The van der Waals surface area contributed by atoms with Gasteiger partial charge in [-0.15, -0.1) is 0 Å². The second-order valence-electron chi connectivity index (χ2n) is 4.32. The van der Waals surface area contributed by atoms with Crippen molar-refractivity contribution >= 4 is 17.3 Å². The van der Waals surface area contributed by atoms with E-state index in [-0.39, 0.29) is 5.91 Å². The number of carbonyl (C=O) groups is 1. The summed E-state index contributed by atoms with van der Waals surface area (Å²) >= 11 is 0. The van der Waals surface area contributed by atoms with Crippen molar-refractivity contribution in [2.45, 2.75) is 6.04 Å². The molecule has 19 heavy (non-hydrogen) atoms. The van der Waals surface area contributed by atoms with E-state index >= 15 is 0 Å². The van der Waals surface area contributed by atoms with Crippen molar-refractivity contribution in [3.05, 3.63) is 59.7 Å². The van der Waals surface area contributed by atoms with E-state index in [9.17, 15) is 4.79 Å². The van der Waals surface area contributed by atoms with E-state index in [1.165, 1.54) is 0 Å². The number of benzene rings is 2. The van der Waals surface area contributed by atoms with E-state index in [4.69, 9.17) is 5.26 Å². The minimum absolute atomic E-state index is 0.151. The van der Waals surface area contributed by atoms with E-state index in [1.807, 2.05) is 36.4 Å². The second kappa shape index (κ2) is 4.46. The highest BCUT2D eigenvalue weighted by molar-refractivity contribution is 6.04. The molecule has 3 rings (SSSR count). The molecular weight excluding hydrogens is 238 g/mol. The Balaban J connectivity index is 2.02. The number of nitrogens with one attached hydrogen (secondary N) is 2. The minimum atomic E-state index is -0.428. The molecule has 1 heterocycles. The molecule has 0 bridgehead atoms. The Labute approximate surface area is 110 Å². The van der Waals surface area contributed by atoms with Gasteiger partial charge in [-0.3, -0.25) is 4.79 Å². The molecule has 1 amide bonds. The number of hydrogen-bond donors (Lipinski definition) is 2. The Morgan fingerprint density at radius 3 is 2.58 bits per heavy atom. The standard InChI is InChI=1S/C15H11N3O/c16-9-11-7-4-8-12-13(11)18-15(19)14(17-12)10-5-2-1-3-6-10/h1-8,14,17H,(H,18,19). The number of nitriles is 1. The van der Waals surface area contributed by atoms with Gasteiger partial charge in [0.1, 0.15) is 12.1 Å². The van der Waals surface area contributed by atoms with Crippen LogP contribution in [0.5, 0.6) is 0 Å². The van der Waals surface area contributed by atoms with Gasteiger partial charge < -0.3 is 10.6 Å². The van der Waals surface area contributed by atoms with E-state index < -0.39 is 6.04 Å². The van der Waals surface area contributed by atoms with Gasteiger partial charge in [0, 0.05) is 0 Å². The van der Waals surface area contributed by atoms with Crippen LogP contribution in [0, 0.1) is 11.3 Å². The highest BCUT2D eigenvalue weighted by Crippen LogP contribution is 2.34. The lowest BCUT2D eigenvalue weighted by atomic mass is 10.0. The van der Waals surface area contributed by atoms with Gasteiger partial charge in [0.2, 0.25) is 0 Å². The van der Waals surface area contributed by atoms with Gasteiger partial charge in [-0.1, -0.05) is 36.4 Å². The molecule has 2 aromatic carbocycles. The van der Waals surface area contributed by atoms with Crippen LogP contribution in [0.4, 0.5) is 11.4 Å². The summed E-state index contributed by atoms with van der Waals surface area (Å²) in [5.74, 6) is -0.151. The predicted octanol–water partition coefficient (Wildman–Crippen LogP) is 2.66. The third kappa shape index (κ3) is 1.91. The van der Waals surface area contributed by atoms with Gasteiger partial charge in [0.25, 0.3) is 5.91 Å². The summed E-state index contributed by atoms with van der Waals surface area (Å²) in [4.78, 5) is 12.1. The SMILES string of the molecule is N#Cc1cccc2c1NC(=O)C(c1ccccc1)N2. The van der Waals surface area contributed by atoms with Crippen molar-refractivity contribution in [2.75, 3.05) is 10.6 Å².